The second kappa shape index (κ2) is 45.3. The summed E-state index contributed by atoms with van der Waals surface area (Å²) in [6.07, 6.45) is 57.4. The highest BCUT2D eigenvalue weighted by Crippen LogP contribution is 2.16. The Balaban J connectivity index is 3.46. The van der Waals surface area contributed by atoms with Gasteiger partial charge in [0.2, 0.25) is 5.91 Å². The normalized spacial score (nSPS) is 13.8. The molecule has 0 heterocycles. The first-order valence-corrected chi connectivity index (χ1v) is 24.3. The zero-order chi connectivity index (χ0) is 40.1. The lowest BCUT2D eigenvalue weighted by Gasteiger charge is -2.26. The van der Waals surface area contributed by atoms with Crippen LogP contribution in [0.5, 0.6) is 0 Å². The van der Waals surface area contributed by atoms with Crippen LogP contribution in [-0.2, 0) is 4.79 Å². The maximum Gasteiger partial charge on any atom is 0.220 e. The molecule has 0 aliphatic heterocycles. The SMILES string of the molecule is CC/C=C/CC/C=C/CCCC(O)C(O)C(CO)NC(=O)CCCCCCCCCCCCCCCCCC/C=C\CCCCCCCCCCCCCC. The van der Waals surface area contributed by atoms with E-state index in [0.717, 1.165) is 51.4 Å². The summed E-state index contributed by atoms with van der Waals surface area (Å²) in [4.78, 5) is 12.4. The van der Waals surface area contributed by atoms with Crippen molar-refractivity contribution in [1.82, 2.24) is 5.32 Å². The van der Waals surface area contributed by atoms with Gasteiger partial charge in [-0.1, -0.05) is 211 Å². The van der Waals surface area contributed by atoms with Crippen molar-refractivity contribution in [2.75, 3.05) is 6.61 Å². The molecule has 4 N–H and O–H groups in total. The molecule has 0 aromatic heterocycles. The third-order valence-corrected chi connectivity index (χ3v) is 11.2. The van der Waals surface area contributed by atoms with Gasteiger partial charge >= 0.3 is 0 Å². The Morgan fingerprint density at radius 1 is 0.455 bits per heavy atom. The van der Waals surface area contributed by atoms with Gasteiger partial charge in [-0.25, -0.2) is 0 Å². The van der Waals surface area contributed by atoms with Crippen LogP contribution in [0.4, 0.5) is 0 Å². The Hall–Kier alpha value is -1.43. The van der Waals surface area contributed by atoms with Gasteiger partial charge in [0.1, 0.15) is 6.10 Å². The Morgan fingerprint density at radius 3 is 1.20 bits per heavy atom. The Labute approximate surface area is 343 Å². The lowest BCUT2D eigenvalue weighted by atomic mass is 10.0. The molecule has 0 aromatic carbocycles. The van der Waals surface area contributed by atoms with Crippen LogP contribution in [0.3, 0.4) is 0 Å². The molecule has 0 rings (SSSR count). The van der Waals surface area contributed by atoms with Gasteiger partial charge in [-0.3, -0.25) is 4.79 Å². The van der Waals surface area contributed by atoms with Gasteiger partial charge in [0.15, 0.2) is 0 Å². The Morgan fingerprint density at radius 2 is 0.800 bits per heavy atom. The molecule has 55 heavy (non-hydrogen) atoms. The minimum atomic E-state index is -1.16. The Bertz CT molecular complexity index is 855. The van der Waals surface area contributed by atoms with E-state index in [9.17, 15) is 20.1 Å². The largest absolute Gasteiger partial charge is 0.394 e. The number of rotatable bonds is 44. The van der Waals surface area contributed by atoms with Gasteiger partial charge in [0, 0.05) is 6.42 Å². The van der Waals surface area contributed by atoms with E-state index in [1.54, 1.807) is 0 Å². The van der Waals surface area contributed by atoms with Gasteiger partial charge in [-0.05, 0) is 70.6 Å². The predicted octanol–water partition coefficient (Wildman–Crippen LogP) is 14.3. The molecular weight excluding hydrogens is 679 g/mol. The first-order valence-electron chi connectivity index (χ1n) is 24.3. The van der Waals surface area contributed by atoms with Crippen molar-refractivity contribution in [1.29, 1.82) is 0 Å². The first-order chi connectivity index (χ1) is 27.1. The zero-order valence-electron chi connectivity index (χ0n) is 36.8. The van der Waals surface area contributed by atoms with Gasteiger partial charge in [-0.15, -0.1) is 0 Å². The van der Waals surface area contributed by atoms with Crippen molar-refractivity contribution in [2.45, 2.75) is 270 Å². The summed E-state index contributed by atoms with van der Waals surface area (Å²) in [5.41, 5.74) is 0. The molecule has 3 atom stereocenters. The van der Waals surface area contributed by atoms with Crippen LogP contribution in [-0.4, -0.2) is 46.1 Å². The highest BCUT2D eigenvalue weighted by molar-refractivity contribution is 5.76. The summed E-state index contributed by atoms with van der Waals surface area (Å²) in [6, 6.07) is -0.829. The number of carbonyl (C=O) groups is 1. The lowest BCUT2D eigenvalue weighted by molar-refractivity contribution is -0.124. The fourth-order valence-electron chi connectivity index (χ4n) is 7.48. The van der Waals surface area contributed by atoms with Crippen LogP contribution in [0.25, 0.3) is 0 Å². The smallest absolute Gasteiger partial charge is 0.220 e. The van der Waals surface area contributed by atoms with Gasteiger partial charge in [0.05, 0.1) is 18.8 Å². The van der Waals surface area contributed by atoms with Crippen LogP contribution in [0, 0.1) is 0 Å². The molecule has 0 radical (unpaired) electrons. The molecule has 0 fully saturated rings. The number of hydrogen-bond donors (Lipinski definition) is 4. The van der Waals surface area contributed by atoms with Crippen LogP contribution >= 0.6 is 0 Å². The van der Waals surface area contributed by atoms with E-state index >= 15 is 0 Å². The number of aliphatic hydroxyl groups is 3. The maximum absolute atomic E-state index is 12.4. The molecule has 324 valence electrons. The maximum atomic E-state index is 12.4. The molecule has 5 nitrogen and oxygen atoms in total. The predicted molar refractivity (Wildman–Crippen MR) is 241 cm³/mol. The fourth-order valence-corrected chi connectivity index (χ4v) is 7.48. The molecule has 0 aliphatic rings. The molecule has 0 aliphatic carbocycles. The fraction of sp³-hybridized carbons (Fsp3) is 0.860. The molecular formula is C50H95NO4. The number of unbranched alkanes of at least 4 members (excludes halogenated alkanes) is 30. The van der Waals surface area contributed by atoms with Crippen molar-refractivity contribution < 1.29 is 20.1 Å². The van der Waals surface area contributed by atoms with Gasteiger partial charge in [-0.2, -0.15) is 0 Å². The summed E-state index contributed by atoms with van der Waals surface area (Å²) in [5.74, 6) is -0.159. The van der Waals surface area contributed by atoms with E-state index in [-0.39, 0.29) is 12.5 Å². The molecule has 0 spiro atoms. The van der Waals surface area contributed by atoms with Gasteiger partial charge < -0.3 is 20.6 Å². The van der Waals surface area contributed by atoms with Crippen LogP contribution in [0.15, 0.2) is 36.5 Å². The monoisotopic (exact) mass is 774 g/mol. The van der Waals surface area contributed by atoms with Gasteiger partial charge in [0.25, 0.3) is 0 Å². The second-order valence-corrected chi connectivity index (χ2v) is 16.6. The van der Waals surface area contributed by atoms with Crippen molar-refractivity contribution in [2.24, 2.45) is 0 Å². The highest BCUT2D eigenvalue weighted by atomic mass is 16.3. The number of amides is 1. The lowest BCUT2D eigenvalue weighted by Crippen LogP contribution is -2.50. The van der Waals surface area contributed by atoms with Crippen molar-refractivity contribution >= 4 is 5.91 Å². The van der Waals surface area contributed by atoms with E-state index < -0.39 is 18.2 Å². The molecule has 5 heteroatoms. The molecule has 0 aromatic rings. The Kier molecular flexibility index (Phi) is 44.1. The second-order valence-electron chi connectivity index (χ2n) is 16.6. The van der Waals surface area contributed by atoms with Crippen molar-refractivity contribution in [3.05, 3.63) is 36.5 Å². The molecule has 1 amide bonds. The summed E-state index contributed by atoms with van der Waals surface area (Å²) in [7, 11) is 0. The average Bonchev–Trinajstić information content (AvgIpc) is 3.19. The molecule has 3 unspecified atom stereocenters. The van der Waals surface area contributed by atoms with Crippen molar-refractivity contribution in [3.8, 4) is 0 Å². The minimum Gasteiger partial charge on any atom is -0.394 e. The summed E-state index contributed by atoms with van der Waals surface area (Å²) < 4.78 is 0. The number of nitrogens with one attached hydrogen (secondary N) is 1. The summed E-state index contributed by atoms with van der Waals surface area (Å²) in [6.45, 7) is 4.04. The number of carbonyl (C=O) groups excluding carboxylic acids is 1. The minimum absolute atomic E-state index is 0.159. The number of hydrogen-bond acceptors (Lipinski definition) is 4. The average molecular weight is 774 g/mol. The number of aliphatic hydroxyl groups excluding tert-OH is 3. The standard InChI is InChI=1S/C50H95NO4/c1-3-5-7-9-11-13-14-15-16-17-18-19-20-21-22-23-24-25-26-27-28-29-30-31-32-33-34-35-37-39-41-43-45-49(54)51-47(46-52)50(55)48(53)44-42-40-38-36-12-10-8-6-4-2/h6,8,21-22,36,38,47-48,50,52-53,55H,3-5,7,9-20,23-35,37,39-46H2,1-2H3,(H,51,54)/b8-6+,22-21-,38-36+. The molecule has 0 bridgehead atoms. The van der Waals surface area contributed by atoms with E-state index in [1.165, 1.54) is 173 Å². The van der Waals surface area contributed by atoms with E-state index in [1.807, 2.05) is 0 Å². The quantitative estimate of drug-likeness (QED) is 0.0367. The molecule has 0 saturated heterocycles. The summed E-state index contributed by atoms with van der Waals surface area (Å²) in [5, 5.41) is 33.3. The zero-order valence-corrected chi connectivity index (χ0v) is 36.8. The van der Waals surface area contributed by atoms with E-state index in [4.69, 9.17) is 0 Å². The number of allylic oxidation sites excluding steroid dienone is 6. The van der Waals surface area contributed by atoms with Crippen LogP contribution < -0.4 is 5.32 Å². The van der Waals surface area contributed by atoms with Crippen LogP contribution in [0.2, 0.25) is 0 Å². The van der Waals surface area contributed by atoms with E-state index in [0.29, 0.717) is 12.8 Å². The first kappa shape index (κ1) is 53.6. The van der Waals surface area contributed by atoms with Crippen molar-refractivity contribution in [3.63, 3.8) is 0 Å². The third kappa shape index (κ3) is 40.6. The topological polar surface area (TPSA) is 89.8 Å². The molecule has 0 saturated carbocycles. The third-order valence-electron chi connectivity index (χ3n) is 11.2. The van der Waals surface area contributed by atoms with E-state index in [2.05, 4.69) is 55.6 Å². The highest BCUT2D eigenvalue weighted by Gasteiger charge is 2.26. The van der Waals surface area contributed by atoms with Crippen LogP contribution in [0.1, 0.15) is 251 Å². The summed E-state index contributed by atoms with van der Waals surface area (Å²) >= 11 is 0.